The molecule has 0 amide bonds. The van der Waals surface area contributed by atoms with Gasteiger partial charge >= 0.3 is 5.97 Å². The van der Waals surface area contributed by atoms with E-state index in [-0.39, 0.29) is 17.1 Å². The number of hydrogen-bond acceptors (Lipinski definition) is 3. The predicted octanol–water partition coefficient (Wildman–Crippen LogP) is 8.77. The quantitative estimate of drug-likeness (QED) is 0.181. The van der Waals surface area contributed by atoms with Crippen LogP contribution in [-0.2, 0) is 22.0 Å². The molecule has 1 N–H and O–H groups in total. The fraction of sp³-hybridized carbons (Fsp3) is 0.257. The third kappa shape index (κ3) is 7.41. The van der Waals surface area contributed by atoms with Crippen LogP contribution in [-0.4, -0.2) is 26.0 Å². The fourth-order valence-corrected chi connectivity index (χ4v) is 7.60. The van der Waals surface area contributed by atoms with Crippen LogP contribution in [0, 0.1) is 5.41 Å². The Balaban J connectivity index is 1.41. The van der Waals surface area contributed by atoms with Gasteiger partial charge in [-0.3, -0.25) is 9.00 Å². The average Bonchev–Trinajstić information content (AvgIpc) is 3.69. The number of aryl methyl sites for hydroxylation is 1. The molecule has 0 saturated heterocycles. The van der Waals surface area contributed by atoms with E-state index in [1.54, 1.807) is 0 Å². The maximum atomic E-state index is 13.9. The minimum Gasteiger partial charge on any atom is -0.481 e. The highest BCUT2D eigenvalue weighted by Crippen LogP contribution is 2.50. The van der Waals surface area contributed by atoms with Crippen molar-refractivity contribution in [3.8, 4) is 0 Å². The highest BCUT2D eigenvalue weighted by molar-refractivity contribution is 7.85. The number of hydrogen-bond donors (Lipinski definition) is 1. The van der Waals surface area contributed by atoms with Gasteiger partial charge in [0.15, 0.2) is 0 Å². The van der Waals surface area contributed by atoms with E-state index in [4.69, 9.17) is 16.6 Å². The van der Waals surface area contributed by atoms with Gasteiger partial charge in [0.25, 0.3) is 0 Å². The molecule has 210 valence electrons. The van der Waals surface area contributed by atoms with E-state index in [9.17, 15) is 14.1 Å². The van der Waals surface area contributed by atoms with E-state index in [2.05, 4.69) is 24.8 Å². The summed E-state index contributed by atoms with van der Waals surface area (Å²) in [4.78, 5) is 16.2. The zero-order valence-electron chi connectivity index (χ0n) is 23.2. The van der Waals surface area contributed by atoms with Crippen LogP contribution in [0.5, 0.6) is 0 Å². The molecule has 6 heteroatoms. The SMILES string of the molecule is C=C(C)c1ccccc1CC[C@@H](c1cccc(/C=C/c2ccc3ccc(Cl)cc3n2)c1)S(=O)CC1(CC(=O)O)CC1. The molecular formula is C35H34ClNO3S. The van der Waals surface area contributed by atoms with Crippen LogP contribution in [0.15, 0.2) is 85.4 Å². The topological polar surface area (TPSA) is 67.3 Å². The Morgan fingerprint density at radius 3 is 2.61 bits per heavy atom. The summed E-state index contributed by atoms with van der Waals surface area (Å²) >= 11 is 6.16. The molecule has 1 aliphatic carbocycles. The number of carboxylic acid groups (broad SMARTS) is 1. The number of rotatable bonds is 12. The summed E-state index contributed by atoms with van der Waals surface area (Å²) in [7, 11) is -1.22. The first-order valence-electron chi connectivity index (χ1n) is 13.9. The molecule has 1 aliphatic rings. The second kappa shape index (κ2) is 12.5. The maximum absolute atomic E-state index is 13.9. The first kappa shape index (κ1) is 29.0. The van der Waals surface area contributed by atoms with Crippen molar-refractivity contribution in [2.45, 2.75) is 44.3 Å². The lowest BCUT2D eigenvalue weighted by Crippen LogP contribution is -2.21. The highest BCUT2D eigenvalue weighted by atomic mass is 35.5. The van der Waals surface area contributed by atoms with Crippen molar-refractivity contribution in [3.05, 3.63) is 118 Å². The third-order valence-corrected chi connectivity index (χ3v) is 10.1. The van der Waals surface area contributed by atoms with Gasteiger partial charge < -0.3 is 5.11 Å². The Kier molecular flexibility index (Phi) is 8.86. The number of allylic oxidation sites excluding steroid dienone is 1. The van der Waals surface area contributed by atoms with Gasteiger partial charge in [-0.2, -0.15) is 0 Å². The average molecular weight is 584 g/mol. The van der Waals surface area contributed by atoms with Crippen molar-refractivity contribution in [3.63, 3.8) is 0 Å². The van der Waals surface area contributed by atoms with E-state index < -0.39 is 16.8 Å². The number of benzene rings is 3. The molecule has 41 heavy (non-hydrogen) atoms. The minimum absolute atomic E-state index is 0.0801. The molecule has 4 nitrogen and oxygen atoms in total. The van der Waals surface area contributed by atoms with Gasteiger partial charge in [0, 0.05) is 27.0 Å². The second-order valence-electron chi connectivity index (χ2n) is 11.1. The number of halogens is 1. The van der Waals surface area contributed by atoms with Crippen LogP contribution in [0.1, 0.15) is 65.8 Å². The normalized spacial score (nSPS) is 15.6. The Morgan fingerprint density at radius 1 is 1.07 bits per heavy atom. The highest BCUT2D eigenvalue weighted by Gasteiger charge is 2.46. The zero-order valence-corrected chi connectivity index (χ0v) is 24.8. The first-order valence-corrected chi connectivity index (χ1v) is 15.6. The molecule has 1 fully saturated rings. The van der Waals surface area contributed by atoms with Gasteiger partial charge in [0.1, 0.15) is 0 Å². The number of pyridine rings is 1. The largest absolute Gasteiger partial charge is 0.481 e. The summed E-state index contributed by atoms with van der Waals surface area (Å²) in [5.74, 6) is -0.404. The van der Waals surface area contributed by atoms with Crippen molar-refractivity contribution in [2.24, 2.45) is 5.41 Å². The van der Waals surface area contributed by atoms with Gasteiger partial charge in [-0.1, -0.05) is 90.5 Å². The summed E-state index contributed by atoms with van der Waals surface area (Å²) in [6.07, 6.45) is 7.17. The second-order valence-corrected chi connectivity index (χ2v) is 13.2. The van der Waals surface area contributed by atoms with E-state index in [1.165, 1.54) is 5.56 Å². The van der Waals surface area contributed by atoms with Crippen LogP contribution in [0.4, 0.5) is 0 Å². The summed E-state index contributed by atoms with van der Waals surface area (Å²) < 4.78 is 13.9. The lowest BCUT2D eigenvalue weighted by Gasteiger charge is -2.22. The summed E-state index contributed by atoms with van der Waals surface area (Å²) in [5, 5.41) is 10.9. The van der Waals surface area contributed by atoms with Crippen LogP contribution in [0.2, 0.25) is 5.02 Å². The lowest BCUT2D eigenvalue weighted by molar-refractivity contribution is -0.138. The van der Waals surface area contributed by atoms with Crippen LogP contribution in [0.3, 0.4) is 0 Å². The van der Waals surface area contributed by atoms with Crippen molar-refractivity contribution in [2.75, 3.05) is 5.75 Å². The number of fused-ring (bicyclic) bond motifs is 1. The van der Waals surface area contributed by atoms with Crippen molar-refractivity contribution in [1.82, 2.24) is 4.98 Å². The smallest absolute Gasteiger partial charge is 0.303 e. The molecule has 5 rings (SSSR count). The molecule has 0 bridgehead atoms. The summed E-state index contributed by atoms with van der Waals surface area (Å²) in [5.41, 5.74) is 6.64. The van der Waals surface area contributed by atoms with E-state index in [0.717, 1.165) is 58.1 Å². The molecule has 0 aliphatic heterocycles. The summed E-state index contributed by atoms with van der Waals surface area (Å²) in [6.45, 7) is 6.14. The van der Waals surface area contributed by atoms with Crippen LogP contribution < -0.4 is 0 Å². The Bertz CT molecular complexity index is 1660. The van der Waals surface area contributed by atoms with Gasteiger partial charge in [-0.25, -0.2) is 4.98 Å². The van der Waals surface area contributed by atoms with Gasteiger partial charge in [0.2, 0.25) is 0 Å². The molecule has 1 heterocycles. The predicted molar refractivity (Wildman–Crippen MR) is 171 cm³/mol. The molecule has 1 saturated carbocycles. The van der Waals surface area contributed by atoms with Gasteiger partial charge in [0.05, 0.1) is 22.9 Å². The monoisotopic (exact) mass is 583 g/mol. The van der Waals surface area contributed by atoms with Crippen molar-refractivity contribution in [1.29, 1.82) is 0 Å². The van der Waals surface area contributed by atoms with E-state index in [1.807, 2.05) is 79.7 Å². The molecule has 2 atom stereocenters. The van der Waals surface area contributed by atoms with E-state index >= 15 is 0 Å². The number of aliphatic carboxylic acids is 1. The molecule has 0 radical (unpaired) electrons. The van der Waals surface area contributed by atoms with Crippen LogP contribution >= 0.6 is 11.6 Å². The van der Waals surface area contributed by atoms with Gasteiger partial charge in [-0.15, -0.1) is 0 Å². The molecule has 1 aromatic heterocycles. The molecule has 4 aromatic rings. The molecule has 1 unspecified atom stereocenters. The number of carbonyl (C=O) groups is 1. The lowest BCUT2D eigenvalue weighted by atomic mass is 9.96. The summed E-state index contributed by atoms with van der Waals surface area (Å²) in [6, 6.07) is 26.1. The van der Waals surface area contributed by atoms with Crippen molar-refractivity contribution < 1.29 is 14.1 Å². The third-order valence-electron chi connectivity index (χ3n) is 7.81. The van der Waals surface area contributed by atoms with Crippen molar-refractivity contribution >= 4 is 57.0 Å². The van der Waals surface area contributed by atoms with Crippen LogP contribution in [0.25, 0.3) is 28.6 Å². The fourth-order valence-electron chi connectivity index (χ4n) is 5.41. The number of aromatic nitrogens is 1. The number of nitrogens with zero attached hydrogens (tertiary/aromatic N) is 1. The Morgan fingerprint density at radius 2 is 1.85 bits per heavy atom. The molecule has 0 spiro atoms. The minimum atomic E-state index is -1.22. The first-order chi connectivity index (χ1) is 19.7. The standard InChI is InChI=1S/C35H34ClNO3S/c1-24(2)31-9-4-3-7-26(31)13-17-33(41(40)23-35(18-19-35)22-34(38)39)28-8-5-6-25(20-28)10-15-30-16-12-27-11-14-29(36)21-32(27)37-30/h3-12,14-16,20-21,33H,1,13,17-19,22-23H2,2H3,(H,38,39)/b15-10+/t33-,41?/m0/s1. The maximum Gasteiger partial charge on any atom is 0.303 e. The van der Waals surface area contributed by atoms with Gasteiger partial charge in [-0.05, 0) is 84.6 Å². The number of carboxylic acids is 1. The van der Waals surface area contributed by atoms with E-state index in [0.29, 0.717) is 17.2 Å². The Hall–Kier alpha value is -3.54. The molecule has 3 aromatic carbocycles. The Labute approximate surface area is 249 Å². The zero-order chi connectivity index (χ0) is 29.0. The molecular weight excluding hydrogens is 550 g/mol.